The van der Waals surface area contributed by atoms with E-state index in [0.717, 1.165) is 29.5 Å². The quantitative estimate of drug-likeness (QED) is 0.434. The Morgan fingerprint density at radius 2 is 1.92 bits per heavy atom. The van der Waals surface area contributed by atoms with Crippen LogP contribution >= 0.6 is 11.6 Å². The average Bonchev–Trinajstić information content (AvgIpc) is 3.30. The van der Waals surface area contributed by atoms with Crippen LogP contribution in [0.4, 0.5) is 16.1 Å². The topological polar surface area (TPSA) is 125 Å². The molecule has 0 spiro atoms. The first-order chi connectivity index (χ1) is 17.1. The van der Waals surface area contributed by atoms with Crippen molar-refractivity contribution < 1.29 is 28.3 Å². The molecule has 1 saturated heterocycles. The molecule has 2 amide bonds. The lowest BCUT2D eigenvalue weighted by Gasteiger charge is -2.49. The molecule has 0 radical (unpaired) electrons. The molecular weight excluding hydrogens is 491 g/mol. The molecule has 0 atom stereocenters. The summed E-state index contributed by atoms with van der Waals surface area (Å²) in [6.45, 7) is 4.25. The first kappa shape index (κ1) is 25.2. The number of aromatic nitrogens is 1. The van der Waals surface area contributed by atoms with Gasteiger partial charge in [-0.15, -0.1) is 0 Å². The molecule has 2 aromatic carbocycles. The summed E-state index contributed by atoms with van der Waals surface area (Å²) in [5.74, 6) is -3.28. The number of amides is 2. The average molecular weight is 515 g/mol. The van der Waals surface area contributed by atoms with Crippen molar-refractivity contribution in [1.29, 1.82) is 0 Å². The highest BCUT2D eigenvalue weighted by molar-refractivity contribution is 6.31. The van der Waals surface area contributed by atoms with E-state index >= 15 is 0 Å². The Hall–Kier alpha value is -3.92. The lowest BCUT2D eigenvalue weighted by Crippen LogP contribution is -2.65. The molecule has 0 unspecified atom stereocenters. The van der Waals surface area contributed by atoms with Crippen molar-refractivity contribution >= 4 is 41.1 Å². The monoisotopic (exact) mass is 514 g/mol. The lowest BCUT2D eigenvalue weighted by atomic mass is 9.70. The standard InChI is InChI=1S/C25H24ClFN4O5/c1-13(2)14-6-4-5-7-16(14)25(11-31(12-25)24-29-10-20(36-24)22(33)34)23(35)30-19-9-18(27)17(26)8-15(19)21(32)28-3/h4-10,13H,11-12H2,1-3H3,(H,28,32)(H,30,35)(H,33,34). The van der Waals surface area contributed by atoms with Gasteiger partial charge in [-0.05, 0) is 29.2 Å². The summed E-state index contributed by atoms with van der Waals surface area (Å²) in [4.78, 5) is 43.1. The number of halogens is 2. The molecule has 3 aromatic rings. The predicted octanol–water partition coefficient (Wildman–Crippen LogP) is 4.05. The minimum Gasteiger partial charge on any atom is -0.475 e. The highest BCUT2D eigenvalue weighted by Crippen LogP contribution is 2.42. The number of hydrogen-bond acceptors (Lipinski definition) is 6. The zero-order valence-electron chi connectivity index (χ0n) is 19.8. The third-order valence-electron chi connectivity index (χ3n) is 6.21. The van der Waals surface area contributed by atoms with Gasteiger partial charge in [-0.3, -0.25) is 9.59 Å². The van der Waals surface area contributed by atoms with Crippen LogP contribution in [-0.2, 0) is 10.2 Å². The third kappa shape index (κ3) is 4.39. The first-order valence-corrected chi connectivity index (χ1v) is 11.5. The second kappa shape index (κ2) is 9.62. The largest absolute Gasteiger partial charge is 0.475 e. The van der Waals surface area contributed by atoms with E-state index in [1.807, 2.05) is 38.1 Å². The second-order valence-corrected chi connectivity index (χ2v) is 9.24. The number of carbonyl (C=O) groups is 3. The fourth-order valence-corrected chi connectivity index (χ4v) is 4.50. The van der Waals surface area contributed by atoms with Gasteiger partial charge in [-0.2, -0.15) is 0 Å². The van der Waals surface area contributed by atoms with Gasteiger partial charge < -0.3 is 25.1 Å². The van der Waals surface area contributed by atoms with Crippen LogP contribution in [-0.4, -0.2) is 48.0 Å². The summed E-state index contributed by atoms with van der Waals surface area (Å²) in [7, 11) is 1.41. The van der Waals surface area contributed by atoms with E-state index in [-0.39, 0.29) is 47.1 Å². The van der Waals surface area contributed by atoms with Gasteiger partial charge in [0, 0.05) is 20.1 Å². The van der Waals surface area contributed by atoms with Crippen LogP contribution in [0.15, 0.2) is 47.0 Å². The summed E-state index contributed by atoms with van der Waals surface area (Å²) in [6.07, 6.45) is 1.10. The summed E-state index contributed by atoms with van der Waals surface area (Å²) < 4.78 is 19.6. The summed E-state index contributed by atoms with van der Waals surface area (Å²) >= 11 is 5.88. The van der Waals surface area contributed by atoms with Crippen molar-refractivity contribution in [3.63, 3.8) is 0 Å². The number of benzene rings is 2. The number of carboxylic acid groups (broad SMARTS) is 1. The Kier molecular flexibility index (Phi) is 6.73. The lowest BCUT2D eigenvalue weighted by molar-refractivity contribution is -0.122. The van der Waals surface area contributed by atoms with Crippen molar-refractivity contribution in [1.82, 2.24) is 10.3 Å². The van der Waals surface area contributed by atoms with Crippen LogP contribution < -0.4 is 15.5 Å². The maximum atomic E-state index is 14.3. The van der Waals surface area contributed by atoms with Gasteiger partial charge in [-0.1, -0.05) is 49.7 Å². The number of rotatable bonds is 7. The molecule has 1 aromatic heterocycles. The molecule has 36 heavy (non-hydrogen) atoms. The first-order valence-electron chi connectivity index (χ1n) is 11.1. The zero-order valence-corrected chi connectivity index (χ0v) is 20.5. The molecule has 1 aliphatic rings. The van der Waals surface area contributed by atoms with Gasteiger partial charge in [0.2, 0.25) is 11.7 Å². The van der Waals surface area contributed by atoms with E-state index < -0.39 is 29.0 Å². The molecule has 0 aliphatic carbocycles. The van der Waals surface area contributed by atoms with Crippen molar-refractivity contribution in [2.75, 3.05) is 30.4 Å². The smallest absolute Gasteiger partial charge is 0.373 e. The van der Waals surface area contributed by atoms with Crippen LogP contribution in [0.2, 0.25) is 5.02 Å². The molecule has 188 valence electrons. The second-order valence-electron chi connectivity index (χ2n) is 8.84. The van der Waals surface area contributed by atoms with E-state index in [1.54, 1.807) is 4.90 Å². The van der Waals surface area contributed by atoms with Crippen LogP contribution in [0.5, 0.6) is 0 Å². The maximum Gasteiger partial charge on any atom is 0.373 e. The van der Waals surface area contributed by atoms with E-state index in [1.165, 1.54) is 7.05 Å². The van der Waals surface area contributed by atoms with Crippen LogP contribution in [0.25, 0.3) is 0 Å². The van der Waals surface area contributed by atoms with E-state index in [9.17, 15) is 18.8 Å². The van der Waals surface area contributed by atoms with Crippen molar-refractivity contribution in [2.45, 2.75) is 25.2 Å². The fraction of sp³-hybridized carbons (Fsp3) is 0.280. The number of aromatic carboxylic acids is 1. The maximum absolute atomic E-state index is 14.3. The van der Waals surface area contributed by atoms with Gasteiger partial charge in [0.15, 0.2) is 0 Å². The number of nitrogens with zero attached hydrogens (tertiary/aromatic N) is 2. The number of nitrogens with one attached hydrogen (secondary N) is 2. The van der Waals surface area contributed by atoms with Crippen LogP contribution in [0.1, 0.15) is 51.8 Å². The molecule has 1 fully saturated rings. The minimum absolute atomic E-state index is 0.0134. The van der Waals surface area contributed by atoms with Crippen LogP contribution in [0, 0.1) is 5.82 Å². The van der Waals surface area contributed by atoms with Crippen molar-refractivity contribution in [3.8, 4) is 0 Å². The van der Waals surface area contributed by atoms with Gasteiger partial charge in [-0.25, -0.2) is 14.2 Å². The Bertz CT molecular complexity index is 1350. The number of carboxylic acids is 1. The summed E-state index contributed by atoms with van der Waals surface area (Å²) in [5, 5.41) is 14.1. The molecule has 0 bridgehead atoms. The molecule has 4 rings (SSSR count). The summed E-state index contributed by atoms with van der Waals surface area (Å²) in [5.41, 5.74) is 0.578. The van der Waals surface area contributed by atoms with E-state index in [2.05, 4.69) is 15.6 Å². The van der Waals surface area contributed by atoms with Gasteiger partial charge in [0.25, 0.3) is 11.9 Å². The molecule has 9 nitrogen and oxygen atoms in total. The SMILES string of the molecule is CNC(=O)c1cc(Cl)c(F)cc1NC(=O)C1(c2ccccc2C(C)C)CN(c2ncc(C(=O)O)o2)C1. The molecule has 11 heteroatoms. The molecule has 1 aliphatic heterocycles. The molecule has 2 heterocycles. The number of anilines is 2. The van der Waals surface area contributed by atoms with Crippen molar-refractivity contribution in [2.24, 2.45) is 0 Å². The fourth-order valence-electron chi connectivity index (χ4n) is 4.34. The van der Waals surface area contributed by atoms with E-state index in [4.69, 9.17) is 21.1 Å². The Morgan fingerprint density at radius 1 is 1.22 bits per heavy atom. The normalized spacial score (nSPS) is 14.3. The van der Waals surface area contributed by atoms with Crippen molar-refractivity contribution in [3.05, 3.63) is 75.9 Å². The number of oxazole rings is 1. The minimum atomic E-state index is -1.25. The zero-order chi connectivity index (χ0) is 26.2. The third-order valence-corrected chi connectivity index (χ3v) is 6.50. The Morgan fingerprint density at radius 3 is 2.53 bits per heavy atom. The van der Waals surface area contributed by atoms with Gasteiger partial charge in [0.05, 0.1) is 22.5 Å². The number of hydrogen-bond donors (Lipinski definition) is 3. The molecular formula is C25H24ClFN4O5. The molecule has 0 saturated carbocycles. The Balaban J connectivity index is 1.74. The summed E-state index contributed by atoms with van der Waals surface area (Å²) in [6, 6.07) is 9.73. The predicted molar refractivity (Wildman–Crippen MR) is 131 cm³/mol. The Labute approximate surface area is 211 Å². The number of carbonyl (C=O) groups excluding carboxylic acids is 2. The van der Waals surface area contributed by atoms with Gasteiger partial charge in [0.1, 0.15) is 11.2 Å². The van der Waals surface area contributed by atoms with Crippen LogP contribution in [0.3, 0.4) is 0 Å². The highest BCUT2D eigenvalue weighted by atomic mass is 35.5. The molecule has 3 N–H and O–H groups in total. The highest BCUT2D eigenvalue weighted by Gasteiger charge is 2.53. The van der Waals surface area contributed by atoms with E-state index in [0.29, 0.717) is 0 Å². The van der Waals surface area contributed by atoms with Gasteiger partial charge >= 0.3 is 5.97 Å².